The molecular weight excluding hydrogens is 397 g/mol. The van der Waals surface area contributed by atoms with Crippen LogP contribution in [0.2, 0.25) is 15.1 Å². The lowest BCUT2D eigenvalue weighted by atomic mass is 10.1. The van der Waals surface area contributed by atoms with Crippen molar-refractivity contribution in [3.63, 3.8) is 0 Å². The number of nitrogens with zero attached hydrogens (tertiary/aromatic N) is 4. The van der Waals surface area contributed by atoms with Gasteiger partial charge in [0.15, 0.2) is 0 Å². The molecule has 0 aliphatic carbocycles. The average Bonchev–Trinajstić information content (AvgIpc) is 3.20. The van der Waals surface area contributed by atoms with E-state index in [1.807, 2.05) is 13.0 Å². The molecule has 0 spiro atoms. The molecule has 0 saturated carbocycles. The first kappa shape index (κ1) is 18.8. The number of hydrogen-bond donors (Lipinski definition) is 1. The fraction of sp³-hybridized carbons (Fsp3) is 0.235. The van der Waals surface area contributed by atoms with E-state index in [-0.39, 0.29) is 11.8 Å². The molecule has 26 heavy (non-hydrogen) atoms. The Kier molecular flexibility index (Phi) is 5.86. The molecule has 0 aliphatic rings. The highest BCUT2D eigenvalue weighted by Crippen LogP contribution is 2.23. The van der Waals surface area contributed by atoms with Crippen LogP contribution in [0.5, 0.6) is 0 Å². The number of hydrogen-bond acceptors (Lipinski definition) is 3. The van der Waals surface area contributed by atoms with Crippen LogP contribution >= 0.6 is 34.8 Å². The van der Waals surface area contributed by atoms with E-state index in [2.05, 4.69) is 15.5 Å². The van der Waals surface area contributed by atoms with Gasteiger partial charge in [0.1, 0.15) is 0 Å². The number of amides is 1. The van der Waals surface area contributed by atoms with Gasteiger partial charge >= 0.3 is 0 Å². The first-order valence-corrected chi connectivity index (χ1v) is 8.99. The molecule has 0 aliphatic heterocycles. The van der Waals surface area contributed by atoms with Crippen molar-refractivity contribution in [2.24, 2.45) is 5.92 Å². The van der Waals surface area contributed by atoms with Gasteiger partial charge in [-0.15, -0.1) is 0 Å². The van der Waals surface area contributed by atoms with Crippen LogP contribution in [0.4, 0.5) is 5.69 Å². The lowest BCUT2D eigenvalue weighted by molar-refractivity contribution is -0.119. The molecule has 1 atom stereocenters. The third kappa shape index (κ3) is 4.78. The van der Waals surface area contributed by atoms with Gasteiger partial charge < -0.3 is 5.32 Å². The number of nitrogens with one attached hydrogen (secondary N) is 1. The average molecular weight is 413 g/mol. The molecule has 6 nitrogen and oxygen atoms in total. The van der Waals surface area contributed by atoms with Crippen LogP contribution in [0.15, 0.2) is 43.0 Å². The van der Waals surface area contributed by atoms with Crippen LogP contribution in [0.3, 0.4) is 0 Å². The molecule has 0 radical (unpaired) electrons. The van der Waals surface area contributed by atoms with Crippen molar-refractivity contribution in [2.75, 3.05) is 5.32 Å². The highest BCUT2D eigenvalue weighted by atomic mass is 35.5. The monoisotopic (exact) mass is 411 g/mol. The van der Waals surface area contributed by atoms with Crippen molar-refractivity contribution in [1.82, 2.24) is 19.6 Å². The van der Waals surface area contributed by atoms with Crippen molar-refractivity contribution < 1.29 is 4.79 Å². The van der Waals surface area contributed by atoms with Gasteiger partial charge in [0.2, 0.25) is 5.91 Å². The quantitative estimate of drug-likeness (QED) is 0.654. The number of carbonyl (C=O) groups is 1. The Morgan fingerprint density at radius 3 is 2.58 bits per heavy atom. The molecule has 2 heterocycles. The van der Waals surface area contributed by atoms with E-state index in [4.69, 9.17) is 34.8 Å². The van der Waals surface area contributed by atoms with Crippen molar-refractivity contribution in [2.45, 2.75) is 20.0 Å². The number of halogens is 3. The summed E-state index contributed by atoms with van der Waals surface area (Å²) in [4.78, 5) is 12.3. The van der Waals surface area contributed by atoms with Crippen molar-refractivity contribution >= 4 is 46.4 Å². The van der Waals surface area contributed by atoms with Crippen LogP contribution in [0.1, 0.15) is 12.5 Å². The van der Waals surface area contributed by atoms with Crippen LogP contribution in [0.25, 0.3) is 0 Å². The molecule has 9 heteroatoms. The van der Waals surface area contributed by atoms with Gasteiger partial charge in [0.05, 0.1) is 52.2 Å². The highest BCUT2D eigenvalue weighted by molar-refractivity contribution is 6.42. The zero-order valence-corrected chi connectivity index (χ0v) is 16.1. The molecule has 0 saturated heterocycles. The minimum absolute atomic E-state index is 0.120. The summed E-state index contributed by atoms with van der Waals surface area (Å²) < 4.78 is 3.35. The van der Waals surface area contributed by atoms with Crippen LogP contribution in [0, 0.1) is 5.92 Å². The zero-order chi connectivity index (χ0) is 18.7. The lowest BCUT2D eigenvalue weighted by Crippen LogP contribution is -2.24. The molecule has 3 aromatic rings. The minimum Gasteiger partial charge on any atom is -0.323 e. The third-order valence-electron chi connectivity index (χ3n) is 3.74. The minimum atomic E-state index is -0.274. The summed E-state index contributed by atoms with van der Waals surface area (Å²) in [6.45, 7) is 2.79. The van der Waals surface area contributed by atoms with E-state index in [1.165, 1.54) is 0 Å². The maximum Gasteiger partial charge on any atom is 0.229 e. The summed E-state index contributed by atoms with van der Waals surface area (Å²) >= 11 is 17.8. The SMILES string of the molecule is CC(Cn1cc(Cl)cn1)C(=O)Nc1cnn(Cc2ccc(Cl)c(Cl)c2)c1. The molecule has 0 bridgehead atoms. The predicted octanol–water partition coefficient (Wildman–Crippen LogP) is 4.36. The topological polar surface area (TPSA) is 64.7 Å². The molecule has 2 aromatic heterocycles. The second-order valence-corrected chi connectivity index (χ2v) is 7.20. The summed E-state index contributed by atoms with van der Waals surface area (Å²) in [5.41, 5.74) is 1.59. The molecule has 136 valence electrons. The second-order valence-electron chi connectivity index (χ2n) is 5.95. The van der Waals surface area contributed by atoms with E-state index in [0.29, 0.717) is 33.8 Å². The molecule has 1 unspecified atom stereocenters. The van der Waals surface area contributed by atoms with E-state index in [9.17, 15) is 4.79 Å². The van der Waals surface area contributed by atoms with Gasteiger partial charge in [-0.05, 0) is 17.7 Å². The van der Waals surface area contributed by atoms with Crippen LogP contribution in [-0.4, -0.2) is 25.5 Å². The molecule has 1 aromatic carbocycles. The molecule has 1 amide bonds. The fourth-order valence-electron chi connectivity index (χ4n) is 2.41. The van der Waals surface area contributed by atoms with E-state index < -0.39 is 0 Å². The summed E-state index contributed by atoms with van der Waals surface area (Å²) in [5, 5.41) is 12.7. The molecule has 0 fully saturated rings. The van der Waals surface area contributed by atoms with E-state index in [1.54, 1.807) is 46.3 Å². The van der Waals surface area contributed by atoms with Gasteiger partial charge in [-0.1, -0.05) is 47.8 Å². The molecule has 1 N–H and O–H groups in total. The first-order chi connectivity index (χ1) is 12.4. The summed E-state index contributed by atoms with van der Waals surface area (Å²) in [6, 6.07) is 5.42. The van der Waals surface area contributed by atoms with Crippen LogP contribution in [-0.2, 0) is 17.9 Å². The van der Waals surface area contributed by atoms with Gasteiger partial charge in [-0.3, -0.25) is 14.2 Å². The first-order valence-electron chi connectivity index (χ1n) is 7.86. The van der Waals surface area contributed by atoms with Gasteiger partial charge in [0, 0.05) is 12.4 Å². The molecular formula is C17H16Cl3N5O. The zero-order valence-electron chi connectivity index (χ0n) is 13.9. The Morgan fingerprint density at radius 1 is 1.12 bits per heavy atom. The Labute approximate surface area is 165 Å². The Balaban J connectivity index is 1.58. The molecule has 3 rings (SSSR count). The number of rotatable bonds is 6. The van der Waals surface area contributed by atoms with Gasteiger partial charge in [0.25, 0.3) is 0 Å². The van der Waals surface area contributed by atoms with Crippen LogP contribution < -0.4 is 5.32 Å². The highest BCUT2D eigenvalue weighted by Gasteiger charge is 2.15. The number of carbonyl (C=O) groups excluding carboxylic acids is 1. The fourth-order valence-corrected chi connectivity index (χ4v) is 2.88. The second kappa shape index (κ2) is 8.12. The summed E-state index contributed by atoms with van der Waals surface area (Å²) in [5.74, 6) is -0.393. The van der Waals surface area contributed by atoms with Crippen molar-refractivity contribution in [3.05, 3.63) is 63.6 Å². The largest absolute Gasteiger partial charge is 0.323 e. The summed E-state index contributed by atoms with van der Waals surface area (Å²) in [6.07, 6.45) is 6.59. The normalized spacial score (nSPS) is 12.2. The van der Waals surface area contributed by atoms with E-state index in [0.717, 1.165) is 5.56 Å². The van der Waals surface area contributed by atoms with Gasteiger partial charge in [-0.2, -0.15) is 10.2 Å². The smallest absolute Gasteiger partial charge is 0.229 e. The van der Waals surface area contributed by atoms with Gasteiger partial charge in [-0.25, -0.2) is 0 Å². The summed E-state index contributed by atoms with van der Waals surface area (Å²) in [7, 11) is 0. The number of aromatic nitrogens is 4. The van der Waals surface area contributed by atoms with E-state index >= 15 is 0 Å². The van der Waals surface area contributed by atoms with Crippen molar-refractivity contribution in [1.29, 1.82) is 0 Å². The number of anilines is 1. The Bertz CT molecular complexity index is 921. The Morgan fingerprint density at radius 2 is 1.88 bits per heavy atom. The predicted molar refractivity (Wildman–Crippen MR) is 103 cm³/mol. The Hall–Kier alpha value is -2.02. The maximum absolute atomic E-state index is 12.3. The lowest BCUT2D eigenvalue weighted by Gasteiger charge is -2.11. The standard InChI is InChI=1S/C17H16Cl3N5O/c1-11(7-24-9-13(18)5-21-24)17(26)23-14-6-22-25(10-14)8-12-2-3-15(19)16(20)4-12/h2-6,9-11H,7-8H2,1H3,(H,23,26). The number of benzene rings is 1. The third-order valence-corrected chi connectivity index (χ3v) is 4.67. The van der Waals surface area contributed by atoms with Crippen molar-refractivity contribution in [3.8, 4) is 0 Å². The maximum atomic E-state index is 12.3.